The third kappa shape index (κ3) is 4.08. The van der Waals surface area contributed by atoms with Crippen LogP contribution in [0.4, 0.5) is 4.79 Å². The maximum Gasteiger partial charge on any atom is 0.410 e. The molecule has 1 unspecified atom stereocenters. The van der Waals surface area contributed by atoms with Crippen molar-refractivity contribution < 1.29 is 9.53 Å². The maximum absolute atomic E-state index is 11.8. The zero-order valence-electron chi connectivity index (χ0n) is 10.3. The van der Waals surface area contributed by atoms with E-state index in [1.54, 1.807) is 4.90 Å². The van der Waals surface area contributed by atoms with Gasteiger partial charge in [0.15, 0.2) is 0 Å². The maximum atomic E-state index is 11.8. The van der Waals surface area contributed by atoms with Gasteiger partial charge in [-0.3, -0.25) is 0 Å². The highest BCUT2D eigenvalue weighted by Gasteiger charge is 2.28. The lowest BCUT2D eigenvalue weighted by Crippen LogP contribution is -2.56. The summed E-state index contributed by atoms with van der Waals surface area (Å²) in [6, 6.07) is 0.669. The summed E-state index contributed by atoms with van der Waals surface area (Å²) in [4.78, 5) is 13.6. The number of nitrogens with one attached hydrogen (secondary N) is 1. The summed E-state index contributed by atoms with van der Waals surface area (Å²) in [5.41, 5.74) is -0.408. The smallest absolute Gasteiger partial charge is 0.410 e. The number of carbonyl (C=O) groups excluding carboxylic acids is 1. The molecular formula is C11H22N2O2. The highest BCUT2D eigenvalue weighted by atomic mass is 16.6. The van der Waals surface area contributed by atoms with Crippen LogP contribution in [0.1, 0.15) is 34.6 Å². The molecule has 0 saturated carbocycles. The molecule has 1 fully saturated rings. The third-order valence-electron chi connectivity index (χ3n) is 2.21. The van der Waals surface area contributed by atoms with E-state index in [2.05, 4.69) is 19.2 Å². The molecule has 88 valence electrons. The van der Waals surface area contributed by atoms with Crippen LogP contribution in [-0.2, 0) is 4.74 Å². The lowest BCUT2D eigenvalue weighted by molar-refractivity contribution is 0.0167. The monoisotopic (exact) mass is 214 g/mol. The van der Waals surface area contributed by atoms with Gasteiger partial charge in [-0.2, -0.15) is 0 Å². The van der Waals surface area contributed by atoms with Crippen LogP contribution in [0.5, 0.6) is 0 Å². The van der Waals surface area contributed by atoms with E-state index in [1.807, 2.05) is 20.8 Å². The molecule has 0 aromatic rings. The fourth-order valence-corrected chi connectivity index (χ4v) is 1.80. The number of hydrogen-bond donors (Lipinski definition) is 1. The van der Waals surface area contributed by atoms with Crippen LogP contribution in [0.3, 0.4) is 0 Å². The molecular weight excluding hydrogens is 192 g/mol. The molecule has 1 amide bonds. The molecule has 0 radical (unpaired) electrons. The van der Waals surface area contributed by atoms with Gasteiger partial charge in [-0.05, 0) is 34.6 Å². The molecule has 1 N–H and O–H groups in total. The summed E-state index contributed by atoms with van der Waals surface area (Å²) in [7, 11) is 0. The molecule has 1 heterocycles. The second-order valence-corrected chi connectivity index (χ2v) is 5.35. The van der Waals surface area contributed by atoms with Gasteiger partial charge in [0.1, 0.15) is 5.60 Å². The molecule has 0 aromatic carbocycles. The Morgan fingerprint density at radius 3 is 2.13 bits per heavy atom. The average Bonchev–Trinajstić information content (AvgIpc) is 1.98. The molecule has 0 aromatic heterocycles. The van der Waals surface area contributed by atoms with E-state index >= 15 is 0 Å². The summed E-state index contributed by atoms with van der Waals surface area (Å²) in [6.07, 6.45) is -0.206. The van der Waals surface area contributed by atoms with Crippen LogP contribution in [0, 0.1) is 0 Å². The second-order valence-electron chi connectivity index (χ2n) is 5.35. The van der Waals surface area contributed by atoms with Gasteiger partial charge in [-0.15, -0.1) is 0 Å². The molecule has 1 aliphatic rings. The van der Waals surface area contributed by atoms with Gasteiger partial charge >= 0.3 is 6.09 Å². The van der Waals surface area contributed by atoms with Gasteiger partial charge in [-0.1, -0.05) is 0 Å². The van der Waals surface area contributed by atoms with E-state index in [0.717, 1.165) is 13.1 Å². The Morgan fingerprint density at radius 1 is 1.27 bits per heavy atom. The molecule has 1 aliphatic heterocycles. The van der Waals surface area contributed by atoms with Gasteiger partial charge in [-0.25, -0.2) is 4.79 Å². The summed E-state index contributed by atoms with van der Waals surface area (Å²) < 4.78 is 5.33. The number of amides is 1. The van der Waals surface area contributed by atoms with Crippen LogP contribution in [0.2, 0.25) is 0 Å². The minimum absolute atomic E-state index is 0.206. The number of rotatable bonds is 0. The number of piperazine rings is 1. The van der Waals surface area contributed by atoms with Crippen LogP contribution < -0.4 is 5.32 Å². The summed E-state index contributed by atoms with van der Waals surface area (Å²) in [5.74, 6) is 0. The Bertz CT molecular complexity index is 225. The zero-order chi connectivity index (χ0) is 11.6. The fourth-order valence-electron chi connectivity index (χ4n) is 1.80. The standard InChI is InChI=1S/C11H22N2O2/c1-8-6-13(7-9(2)12-8)10(14)15-11(3,4)5/h8-9,12H,6-7H2,1-5H3/t8-,9?/m0/s1. The van der Waals surface area contributed by atoms with Crippen LogP contribution in [0.15, 0.2) is 0 Å². The third-order valence-corrected chi connectivity index (χ3v) is 2.21. The molecule has 0 spiro atoms. The predicted molar refractivity (Wildman–Crippen MR) is 59.9 cm³/mol. The number of hydrogen-bond acceptors (Lipinski definition) is 3. The van der Waals surface area contributed by atoms with Crippen LogP contribution in [0.25, 0.3) is 0 Å². The molecule has 1 saturated heterocycles. The van der Waals surface area contributed by atoms with Crippen molar-refractivity contribution in [2.45, 2.75) is 52.3 Å². The average molecular weight is 214 g/mol. The minimum Gasteiger partial charge on any atom is -0.444 e. The number of ether oxygens (including phenoxy) is 1. The van der Waals surface area contributed by atoms with Crippen molar-refractivity contribution >= 4 is 6.09 Å². The van der Waals surface area contributed by atoms with Crippen molar-refractivity contribution in [2.24, 2.45) is 0 Å². The summed E-state index contributed by atoms with van der Waals surface area (Å²) >= 11 is 0. The Kier molecular flexibility index (Phi) is 3.60. The van der Waals surface area contributed by atoms with Crippen molar-refractivity contribution in [3.05, 3.63) is 0 Å². The van der Waals surface area contributed by atoms with Crippen molar-refractivity contribution in [2.75, 3.05) is 13.1 Å². The molecule has 4 nitrogen and oxygen atoms in total. The van der Waals surface area contributed by atoms with Crippen LogP contribution in [-0.4, -0.2) is 41.8 Å². The van der Waals surface area contributed by atoms with E-state index in [0.29, 0.717) is 12.1 Å². The SMILES string of the molecule is CC1CN(C(=O)OC(C)(C)C)C[C@H](C)N1. The first-order valence-electron chi connectivity index (χ1n) is 5.52. The Hall–Kier alpha value is -0.770. The van der Waals surface area contributed by atoms with Gasteiger partial charge in [0.2, 0.25) is 0 Å². The fraction of sp³-hybridized carbons (Fsp3) is 0.909. The minimum atomic E-state index is -0.408. The first-order chi connectivity index (χ1) is 6.78. The van der Waals surface area contributed by atoms with Crippen molar-refractivity contribution in [3.8, 4) is 0 Å². The molecule has 0 aliphatic carbocycles. The van der Waals surface area contributed by atoms with Crippen molar-refractivity contribution in [1.29, 1.82) is 0 Å². The number of carbonyl (C=O) groups is 1. The molecule has 4 heteroatoms. The van der Waals surface area contributed by atoms with Gasteiger partial charge < -0.3 is 15.0 Å². The van der Waals surface area contributed by atoms with Crippen LogP contribution >= 0.6 is 0 Å². The predicted octanol–water partition coefficient (Wildman–Crippen LogP) is 1.60. The Morgan fingerprint density at radius 2 is 1.73 bits per heavy atom. The highest BCUT2D eigenvalue weighted by molar-refractivity contribution is 5.68. The van der Waals surface area contributed by atoms with E-state index in [4.69, 9.17) is 4.74 Å². The van der Waals surface area contributed by atoms with Crippen molar-refractivity contribution in [1.82, 2.24) is 10.2 Å². The molecule has 0 bridgehead atoms. The normalized spacial score (nSPS) is 27.7. The lowest BCUT2D eigenvalue weighted by atomic mass is 10.1. The van der Waals surface area contributed by atoms with Crippen molar-refractivity contribution in [3.63, 3.8) is 0 Å². The topological polar surface area (TPSA) is 41.6 Å². The quantitative estimate of drug-likeness (QED) is 0.666. The zero-order valence-corrected chi connectivity index (χ0v) is 10.3. The van der Waals surface area contributed by atoms with Gasteiger partial charge in [0, 0.05) is 25.2 Å². The largest absolute Gasteiger partial charge is 0.444 e. The molecule has 15 heavy (non-hydrogen) atoms. The summed E-state index contributed by atoms with van der Waals surface area (Å²) in [5, 5.41) is 3.38. The Balaban J connectivity index is 2.52. The van der Waals surface area contributed by atoms with Gasteiger partial charge in [0.05, 0.1) is 0 Å². The highest BCUT2D eigenvalue weighted by Crippen LogP contribution is 2.12. The lowest BCUT2D eigenvalue weighted by Gasteiger charge is -2.36. The van der Waals surface area contributed by atoms with E-state index in [-0.39, 0.29) is 6.09 Å². The number of nitrogens with zero attached hydrogens (tertiary/aromatic N) is 1. The van der Waals surface area contributed by atoms with E-state index < -0.39 is 5.60 Å². The molecule has 2 atom stereocenters. The molecule has 1 rings (SSSR count). The second kappa shape index (κ2) is 4.39. The first-order valence-corrected chi connectivity index (χ1v) is 5.52. The Labute approximate surface area is 92.0 Å². The summed E-state index contributed by atoms with van der Waals surface area (Å²) in [6.45, 7) is 11.3. The first kappa shape index (κ1) is 12.3. The van der Waals surface area contributed by atoms with Gasteiger partial charge in [0.25, 0.3) is 0 Å². The van der Waals surface area contributed by atoms with E-state index in [1.165, 1.54) is 0 Å². The van der Waals surface area contributed by atoms with E-state index in [9.17, 15) is 4.79 Å².